The van der Waals surface area contributed by atoms with Crippen LogP contribution < -0.4 is 15.0 Å². The number of rotatable bonds is 9. The van der Waals surface area contributed by atoms with Crippen LogP contribution in [0, 0.1) is 0 Å². The average molecular weight is 528 g/mol. The topological polar surface area (TPSA) is 121 Å². The van der Waals surface area contributed by atoms with Crippen LogP contribution in [0.4, 0.5) is 11.4 Å². The highest BCUT2D eigenvalue weighted by atomic mass is 32.2. The maximum atomic E-state index is 13.3. The van der Waals surface area contributed by atoms with Crippen molar-refractivity contribution in [1.29, 1.82) is 0 Å². The summed E-state index contributed by atoms with van der Waals surface area (Å²) in [6.07, 6.45) is 2.89. The number of carbonyl (C=O) groups is 2. The molecule has 0 atom stereocenters. The van der Waals surface area contributed by atoms with E-state index in [0.29, 0.717) is 22.5 Å². The Kier molecular flexibility index (Phi) is 8.24. The maximum absolute atomic E-state index is 13.3. The summed E-state index contributed by atoms with van der Waals surface area (Å²) in [5, 5.41) is 6.98. The molecule has 0 saturated heterocycles. The van der Waals surface area contributed by atoms with Crippen molar-refractivity contribution in [3.63, 3.8) is 0 Å². The summed E-state index contributed by atoms with van der Waals surface area (Å²) < 4.78 is 27.6. The molecule has 0 bridgehead atoms. The monoisotopic (exact) mass is 527 g/mol. The maximum Gasteiger partial charge on any atom is 0.264 e. The Morgan fingerprint density at radius 2 is 1.55 bits per heavy atom. The van der Waals surface area contributed by atoms with Gasteiger partial charge in [-0.25, -0.2) is 13.8 Å². The summed E-state index contributed by atoms with van der Waals surface area (Å²) in [5.41, 5.74) is 4.89. The number of carbonyl (C=O) groups excluding carboxylic acids is 2. The van der Waals surface area contributed by atoms with E-state index in [4.69, 9.17) is 0 Å². The number of hydrazone groups is 1. The second kappa shape index (κ2) is 11.9. The van der Waals surface area contributed by atoms with Crippen LogP contribution in [-0.2, 0) is 14.8 Å². The minimum Gasteiger partial charge on any atom is -0.322 e. The van der Waals surface area contributed by atoms with Crippen LogP contribution in [0.15, 0.2) is 119 Å². The third-order valence-corrected chi connectivity index (χ3v) is 7.26. The van der Waals surface area contributed by atoms with Crippen LogP contribution in [0.5, 0.6) is 0 Å². The van der Waals surface area contributed by atoms with Crippen molar-refractivity contribution in [3.8, 4) is 0 Å². The molecular formula is C28H25N5O4S. The fourth-order valence-corrected chi connectivity index (χ4v) is 4.96. The molecule has 38 heavy (non-hydrogen) atoms. The zero-order valence-electron chi connectivity index (χ0n) is 20.5. The third-order valence-electron chi connectivity index (χ3n) is 5.47. The molecule has 1 aromatic heterocycles. The van der Waals surface area contributed by atoms with E-state index in [2.05, 4.69) is 20.8 Å². The molecule has 4 aromatic rings. The van der Waals surface area contributed by atoms with Gasteiger partial charge in [0.1, 0.15) is 6.54 Å². The lowest BCUT2D eigenvalue weighted by molar-refractivity contribution is -0.119. The number of hydrogen-bond donors (Lipinski definition) is 2. The number of pyridine rings is 1. The Labute approximate surface area is 220 Å². The van der Waals surface area contributed by atoms with Gasteiger partial charge in [-0.1, -0.05) is 48.5 Å². The van der Waals surface area contributed by atoms with E-state index in [9.17, 15) is 18.0 Å². The molecule has 192 valence electrons. The highest BCUT2D eigenvalue weighted by Crippen LogP contribution is 2.22. The average Bonchev–Trinajstić information content (AvgIpc) is 2.96. The Balaban J connectivity index is 1.48. The molecule has 0 unspecified atom stereocenters. The summed E-state index contributed by atoms with van der Waals surface area (Å²) in [7, 11) is -4.04. The lowest BCUT2D eigenvalue weighted by Gasteiger charge is -2.23. The minimum absolute atomic E-state index is 0.0469. The van der Waals surface area contributed by atoms with Gasteiger partial charge >= 0.3 is 0 Å². The lowest BCUT2D eigenvalue weighted by Crippen LogP contribution is -2.39. The Morgan fingerprint density at radius 3 is 2.24 bits per heavy atom. The van der Waals surface area contributed by atoms with E-state index >= 15 is 0 Å². The van der Waals surface area contributed by atoms with Crippen LogP contribution in [0.1, 0.15) is 22.8 Å². The van der Waals surface area contributed by atoms with Crippen molar-refractivity contribution < 1.29 is 18.0 Å². The standard InChI is InChI=1S/C28H25N5O4S/c1-21(23-12-8-13-24(18-23)30-28(35)22-10-4-2-5-11-22)31-32-27(34)20-33(25-14-9-17-29-19-25)38(36,37)26-15-6-3-7-16-26/h2-19H,20H2,1H3,(H,30,35)(H,32,34)/b31-21-. The van der Waals surface area contributed by atoms with Crippen molar-refractivity contribution in [2.24, 2.45) is 5.10 Å². The zero-order chi connectivity index (χ0) is 27.0. The summed E-state index contributed by atoms with van der Waals surface area (Å²) in [6, 6.07) is 26.8. The number of aromatic nitrogens is 1. The first-order valence-corrected chi connectivity index (χ1v) is 13.1. The second-order valence-corrected chi connectivity index (χ2v) is 10.0. The molecule has 9 nitrogen and oxygen atoms in total. The molecule has 0 spiro atoms. The van der Waals surface area contributed by atoms with E-state index in [1.165, 1.54) is 24.5 Å². The molecule has 0 aliphatic heterocycles. The summed E-state index contributed by atoms with van der Waals surface area (Å²) in [6.45, 7) is 1.19. The van der Waals surface area contributed by atoms with Crippen molar-refractivity contribution >= 4 is 38.9 Å². The van der Waals surface area contributed by atoms with Crippen molar-refractivity contribution in [2.75, 3.05) is 16.2 Å². The highest BCUT2D eigenvalue weighted by Gasteiger charge is 2.27. The van der Waals surface area contributed by atoms with Crippen molar-refractivity contribution in [2.45, 2.75) is 11.8 Å². The molecule has 2 N–H and O–H groups in total. The fraction of sp³-hybridized carbons (Fsp3) is 0.0714. The fourth-order valence-electron chi connectivity index (χ4n) is 3.53. The number of sulfonamides is 1. The van der Waals surface area contributed by atoms with E-state index in [1.54, 1.807) is 85.8 Å². The molecule has 1 heterocycles. The number of nitrogens with zero attached hydrogens (tertiary/aromatic N) is 3. The number of benzene rings is 3. The second-order valence-electron chi connectivity index (χ2n) is 8.17. The van der Waals surface area contributed by atoms with Gasteiger partial charge in [0.05, 0.1) is 22.5 Å². The molecular weight excluding hydrogens is 502 g/mol. The predicted molar refractivity (Wildman–Crippen MR) is 146 cm³/mol. The normalized spacial score (nSPS) is 11.4. The minimum atomic E-state index is -4.04. The van der Waals surface area contributed by atoms with Gasteiger partial charge in [0.15, 0.2) is 0 Å². The summed E-state index contributed by atoms with van der Waals surface area (Å²) in [4.78, 5) is 29.3. The van der Waals surface area contributed by atoms with Crippen LogP contribution >= 0.6 is 0 Å². The van der Waals surface area contributed by atoms with Crippen molar-refractivity contribution in [3.05, 3.63) is 121 Å². The molecule has 0 radical (unpaired) electrons. The lowest BCUT2D eigenvalue weighted by atomic mass is 10.1. The van der Waals surface area contributed by atoms with E-state index < -0.39 is 22.5 Å². The van der Waals surface area contributed by atoms with Gasteiger partial charge in [0.25, 0.3) is 21.8 Å². The third kappa shape index (κ3) is 6.48. The van der Waals surface area contributed by atoms with Gasteiger partial charge in [0.2, 0.25) is 0 Å². The number of anilines is 2. The van der Waals surface area contributed by atoms with Crippen LogP contribution in [-0.4, -0.2) is 37.5 Å². The Morgan fingerprint density at radius 1 is 0.868 bits per heavy atom. The Hall–Kier alpha value is -4.83. The number of amides is 2. The molecule has 0 aliphatic carbocycles. The van der Waals surface area contributed by atoms with E-state index in [0.717, 1.165) is 4.31 Å². The van der Waals surface area contributed by atoms with Crippen molar-refractivity contribution in [1.82, 2.24) is 10.4 Å². The van der Waals surface area contributed by atoms with E-state index in [-0.39, 0.29) is 16.5 Å². The molecule has 0 fully saturated rings. The number of nitrogens with one attached hydrogen (secondary N) is 2. The van der Waals surface area contributed by atoms with Gasteiger partial charge in [-0.15, -0.1) is 0 Å². The van der Waals surface area contributed by atoms with Gasteiger partial charge in [-0.05, 0) is 61.0 Å². The Bertz CT molecular complexity index is 1540. The van der Waals surface area contributed by atoms with Crippen LogP contribution in [0.25, 0.3) is 0 Å². The summed E-state index contributed by atoms with van der Waals surface area (Å²) in [5.74, 6) is -0.887. The quantitative estimate of drug-likeness (QED) is 0.251. The highest BCUT2D eigenvalue weighted by molar-refractivity contribution is 7.92. The van der Waals surface area contributed by atoms with Gasteiger partial charge < -0.3 is 5.32 Å². The van der Waals surface area contributed by atoms with Gasteiger partial charge in [-0.3, -0.25) is 18.9 Å². The van der Waals surface area contributed by atoms with E-state index in [1.807, 2.05) is 6.07 Å². The first-order chi connectivity index (χ1) is 18.3. The van der Waals surface area contributed by atoms with Crippen LogP contribution in [0.3, 0.4) is 0 Å². The molecule has 3 aromatic carbocycles. The first-order valence-electron chi connectivity index (χ1n) is 11.6. The SMILES string of the molecule is C/C(=N/NC(=O)CN(c1cccnc1)S(=O)(=O)c1ccccc1)c1cccc(NC(=O)c2ccccc2)c1. The molecule has 0 aliphatic rings. The van der Waals surface area contributed by atoms with Gasteiger partial charge in [0, 0.05) is 17.4 Å². The number of hydrogen-bond acceptors (Lipinski definition) is 6. The van der Waals surface area contributed by atoms with Gasteiger partial charge in [-0.2, -0.15) is 5.10 Å². The van der Waals surface area contributed by atoms with Crippen LogP contribution in [0.2, 0.25) is 0 Å². The molecule has 0 saturated carbocycles. The summed E-state index contributed by atoms with van der Waals surface area (Å²) >= 11 is 0. The predicted octanol–water partition coefficient (Wildman–Crippen LogP) is 4.07. The zero-order valence-corrected chi connectivity index (χ0v) is 21.3. The molecule has 2 amide bonds. The molecule has 4 rings (SSSR count). The smallest absolute Gasteiger partial charge is 0.264 e. The first kappa shape index (κ1) is 26.2. The largest absolute Gasteiger partial charge is 0.322 e. The molecule has 10 heteroatoms.